The predicted molar refractivity (Wildman–Crippen MR) is 72.7 cm³/mol. The minimum atomic E-state index is -1.28. The Morgan fingerprint density at radius 1 is 1.47 bits per heavy atom. The van der Waals surface area contributed by atoms with Gasteiger partial charge in [0.05, 0.1) is 14.2 Å². The lowest BCUT2D eigenvalue weighted by atomic mass is 9.90. The Balaban J connectivity index is 3.34. The number of carboxylic acid groups (broad SMARTS) is 1. The van der Waals surface area contributed by atoms with E-state index >= 15 is 0 Å². The first-order valence-electron chi connectivity index (χ1n) is 5.81. The Morgan fingerprint density at radius 3 is 2.63 bits per heavy atom. The second-order valence-electron chi connectivity index (χ2n) is 4.17. The summed E-state index contributed by atoms with van der Waals surface area (Å²) in [6, 6.07) is 5.06. The normalized spacial score (nSPS) is 13.4. The number of nitrogens with one attached hydrogen (secondary N) is 1. The van der Waals surface area contributed by atoms with Gasteiger partial charge in [0, 0.05) is 12.1 Å². The maximum atomic E-state index is 11.6. The monoisotopic (exact) mass is 265 g/mol. The topological polar surface area (TPSA) is 67.8 Å². The molecule has 0 spiro atoms. The van der Waals surface area contributed by atoms with Gasteiger partial charge < -0.3 is 14.6 Å². The molecule has 2 N–H and O–H groups in total. The lowest BCUT2D eigenvalue weighted by Gasteiger charge is -2.28. The van der Waals surface area contributed by atoms with Gasteiger partial charge in [-0.1, -0.05) is 6.08 Å². The van der Waals surface area contributed by atoms with Crippen LogP contribution in [0.2, 0.25) is 0 Å². The minimum absolute atomic E-state index is 0.364. The molecule has 1 aromatic carbocycles. The number of hydrogen-bond acceptors (Lipinski definition) is 4. The summed E-state index contributed by atoms with van der Waals surface area (Å²) >= 11 is 0. The van der Waals surface area contributed by atoms with Gasteiger partial charge in [0.2, 0.25) is 0 Å². The van der Waals surface area contributed by atoms with E-state index in [-0.39, 0.29) is 0 Å². The van der Waals surface area contributed by atoms with Crippen LogP contribution in [-0.2, 0) is 10.3 Å². The highest BCUT2D eigenvalue weighted by molar-refractivity contribution is 5.81. The van der Waals surface area contributed by atoms with Crippen LogP contribution in [0.5, 0.6) is 11.5 Å². The molecular weight excluding hydrogens is 246 g/mol. The Hall–Kier alpha value is -2.01. The van der Waals surface area contributed by atoms with Crippen LogP contribution in [0, 0.1) is 0 Å². The molecule has 1 rings (SSSR count). The van der Waals surface area contributed by atoms with Crippen molar-refractivity contribution in [2.24, 2.45) is 0 Å². The molecule has 0 bridgehead atoms. The quantitative estimate of drug-likeness (QED) is 0.736. The molecular formula is C14H19NO4. The van der Waals surface area contributed by atoms with Gasteiger partial charge in [-0.2, -0.15) is 0 Å². The molecule has 0 aliphatic rings. The molecule has 104 valence electrons. The number of aliphatic carboxylic acids is 1. The van der Waals surface area contributed by atoms with Crippen LogP contribution < -0.4 is 14.8 Å². The maximum Gasteiger partial charge on any atom is 0.328 e. The second-order valence-corrected chi connectivity index (χ2v) is 4.17. The molecule has 0 amide bonds. The summed E-state index contributed by atoms with van der Waals surface area (Å²) in [5.41, 5.74) is -0.780. The summed E-state index contributed by atoms with van der Waals surface area (Å²) in [5.74, 6) is 0.0619. The number of hydrogen-bond donors (Lipinski definition) is 2. The number of carbonyl (C=O) groups is 1. The first-order valence-corrected chi connectivity index (χ1v) is 5.81. The summed E-state index contributed by atoms with van der Waals surface area (Å²) in [6.07, 6.45) is 1.60. The molecule has 1 atom stereocenters. The van der Waals surface area contributed by atoms with Crippen LogP contribution >= 0.6 is 0 Å². The zero-order valence-corrected chi connectivity index (χ0v) is 11.4. The zero-order chi connectivity index (χ0) is 14.5. The van der Waals surface area contributed by atoms with Crippen molar-refractivity contribution in [2.75, 3.05) is 20.8 Å². The SMILES string of the molecule is C=CCNC(C)(C(=O)O)c1cc(OC)ccc1OC. The van der Waals surface area contributed by atoms with E-state index in [0.717, 1.165) is 0 Å². The number of ether oxygens (including phenoxy) is 2. The highest BCUT2D eigenvalue weighted by Gasteiger charge is 2.37. The molecule has 5 nitrogen and oxygen atoms in total. The molecule has 0 aromatic heterocycles. The van der Waals surface area contributed by atoms with E-state index in [0.29, 0.717) is 23.6 Å². The minimum Gasteiger partial charge on any atom is -0.497 e. The molecule has 0 radical (unpaired) electrons. The molecule has 1 aromatic rings. The highest BCUT2D eigenvalue weighted by Crippen LogP contribution is 2.33. The molecule has 19 heavy (non-hydrogen) atoms. The average molecular weight is 265 g/mol. The fraction of sp³-hybridized carbons (Fsp3) is 0.357. The smallest absolute Gasteiger partial charge is 0.328 e. The zero-order valence-electron chi connectivity index (χ0n) is 11.4. The predicted octanol–water partition coefficient (Wildman–Crippen LogP) is 1.78. The van der Waals surface area contributed by atoms with Gasteiger partial charge in [0.15, 0.2) is 0 Å². The summed E-state index contributed by atoms with van der Waals surface area (Å²) in [6.45, 7) is 5.53. The van der Waals surface area contributed by atoms with Gasteiger partial charge in [-0.3, -0.25) is 5.32 Å². The Morgan fingerprint density at radius 2 is 2.16 bits per heavy atom. The highest BCUT2D eigenvalue weighted by atomic mass is 16.5. The number of benzene rings is 1. The third-order valence-electron chi connectivity index (χ3n) is 2.97. The third-order valence-corrected chi connectivity index (χ3v) is 2.97. The van der Waals surface area contributed by atoms with Gasteiger partial charge in [0.1, 0.15) is 17.0 Å². The molecule has 0 fully saturated rings. The van der Waals surface area contributed by atoms with Crippen LogP contribution in [0.3, 0.4) is 0 Å². The van der Waals surface area contributed by atoms with Crippen molar-refractivity contribution in [3.8, 4) is 11.5 Å². The van der Waals surface area contributed by atoms with E-state index in [1.165, 1.54) is 14.2 Å². The van der Waals surface area contributed by atoms with Crippen LogP contribution in [0.1, 0.15) is 12.5 Å². The van der Waals surface area contributed by atoms with E-state index in [1.807, 2.05) is 0 Å². The van der Waals surface area contributed by atoms with Crippen LogP contribution in [0.15, 0.2) is 30.9 Å². The van der Waals surface area contributed by atoms with Gasteiger partial charge in [-0.05, 0) is 25.1 Å². The van der Waals surface area contributed by atoms with E-state index in [4.69, 9.17) is 9.47 Å². The summed E-state index contributed by atoms with van der Waals surface area (Å²) in [4.78, 5) is 11.6. The Kier molecular flexibility index (Phi) is 4.94. The fourth-order valence-electron chi connectivity index (χ4n) is 1.77. The van der Waals surface area contributed by atoms with E-state index in [2.05, 4.69) is 11.9 Å². The summed E-state index contributed by atoms with van der Waals surface area (Å²) in [5, 5.41) is 12.4. The number of rotatable bonds is 7. The molecule has 0 aliphatic heterocycles. The van der Waals surface area contributed by atoms with Crippen molar-refractivity contribution >= 4 is 5.97 Å². The Labute approximate surface area is 112 Å². The standard InChI is InChI=1S/C14H19NO4/c1-5-8-15-14(2,13(16)17)11-9-10(18-3)6-7-12(11)19-4/h5-7,9,15H,1,8H2,2-4H3,(H,16,17). The number of methoxy groups -OCH3 is 2. The van der Waals surface area contributed by atoms with Crippen LogP contribution in [0.25, 0.3) is 0 Å². The van der Waals surface area contributed by atoms with Crippen LogP contribution in [0.4, 0.5) is 0 Å². The van der Waals surface area contributed by atoms with Crippen molar-refractivity contribution in [1.82, 2.24) is 5.32 Å². The lowest BCUT2D eigenvalue weighted by molar-refractivity contribution is -0.144. The summed E-state index contributed by atoms with van der Waals surface area (Å²) in [7, 11) is 3.03. The average Bonchev–Trinajstić information content (AvgIpc) is 2.43. The molecule has 0 heterocycles. The van der Waals surface area contributed by atoms with Gasteiger partial charge in [0.25, 0.3) is 0 Å². The Bertz CT molecular complexity index is 473. The largest absolute Gasteiger partial charge is 0.497 e. The van der Waals surface area contributed by atoms with E-state index in [9.17, 15) is 9.90 Å². The lowest BCUT2D eigenvalue weighted by Crippen LogP contribution is -2.46. The molecule has 1 unspecified atom stereocenters. The van der Waals surface area contributed by atoms with Crippen molar-refractivity contribution < 1.29 is 19.4 Å². The molecule has 0 saturated heterocycles. The van der Waals surface area contributed by atoms with Gasteiger partial charge >= 0.3 is 5.97 Å². The molecule has 5 heteroatoms. The van der Waals surface area contributed by atoms with Gasteiger partial charge in [-0.15, -0.1) is 6.58 Å². The van der Waals surface area contributed by atoms with Crippen molar-refractivity contribution in [3.63, 3.8) is 0 Å². The summed E-state index contributed by atoms with van der Waals surface area (Å²) < 4.78 is 10.4. The van der Waals surface area contributed by atoms with Gasteiger partial charge in [-0.25, -0.2) is 4.79 Å². The fourth-order valence-corrected chi connectivity index (χ4v) is 1.77. The van der Waals surface area contributed by atoms with Crippen molar-refractivity contribution in [3.05, 3.63) is 36.4 Å². The molecule has 0 aliphatic carbocycles. The van der Waals surface area contributed by atoms with E-state index < -0.39 is 11.5 Å². The first kappa shape index (κ1) is 15.0. The van der Waals surface area contributed by atoms with Crippen molar-refractivity contribution in [2.45, 2.75) is 12.5 Å². The van der Waals surface area contributed by atoms with Crippen LogP contribution in [-0.4, -0.2) is 31.8 Å². The number of carboxylic acids is 1. The maximum absolute atomic E-state index is 11.6. The third kappa shape index (κ3) is 3.06. The van der Waals surface area contributed by atoms with E-state index in [1.54, 1.807) is 31.2 Å². The van der Waals surface area contributed by atoms with Crippen molar-refractivity contribution in [1.29, 1.82) is 0 Å². The second kappa shape index (κ2) is 6.24. The first-order chi connectivity index (χ1) is 8.99. The molecule has 0 saturated carbocycles.